The van der Waals surface area contributed by atoms with E-state index in [1.54, 1.807) is 48.5 Å². The van der Waals surface area contributed by atoms with Crippen molar-refractivity contribution in [1.29, 1.82) is 0 Å². The average Bonchev–Trinajstić information content (AvgIpc) is 3.23. The number of carbonyl (C=O) groups excluding carboxylic acids is 5. The summed E-state index contributed by atoms with van der Waals surface area (Å²) in [5.74, 6) is -6.83. The number of amides is 3. The van der Waals surface area contributed by atoms with Gasteiger partial charge in [0.15, 0.2) is 6.61 Å². The van der Waals surface area contributed by atoms with E-state index in [1.165, 1.54) is 18.2 Å². The van der Waals surface area contributed by atoms with Crippen molar-refractivity contribution in [3.63, 3.8) is 0 Å². The van der Waals surface area contributed by atoms with Crippen LogP contribution in [0.1, 0.15) is 39.0 Å². The Kier molecular flexibility index (Phi) is 6.89. The molecule has 0 spiro atoms. The number of primary amides is 1. The molecule has 3 amide bonds. The summed E-state index contributed by atoms with van der Waals surface area (Å²) in [6.07, 6.45) is -0.740. The van der Waals surface area contributed by atoms with Crippen LogP contribution in [0.2, 0.25) is 10.0 Å². The SMILES string of the molecule is NC(=O)C[C@H](C(=O)OCC(=O)c1ccc(Cl)cc1Cl)N1C(=O)[C@@H]2[C@H](C1=O)C1(Cl)c3ccccc3C2(Cl)c2ccccc21. The van der Waals surface area contributed by atoms with Gasteiger partial charge in [-0.3, -0.25) is 24.1 Å². The first-order valence-corrected chi connectivity index (χ1v) is 14.3. The summed E-state index contributed by atoms with van der Waals surface area (Å²) in [4.78, 5) is 64.2. The predicted octanol–water partition coefficient (Wildman–Crippen LogP) is 4.56. The van der Waals surface area contributed by atoms with Gasteiger partial charge in [0.05, 0.1) is 23.3 Å². The van der Waals surface area contributed by atoms with Crippen LogP contribution < -0.4 is 5.73 Å². The monoisotopic (exact) mass is 644 g/mol. The Morgan fingerprint density at radius 1 is 0.833 bits per heavy atom. The van der Waals surface area contributed by atoms with E-state index in [1.807, 2.05) is 0 Å². The maximum absolute atomic E-state index is 14.2. The van der Waals surface area contributed by atoms with Crippen molar-refractivity contribution < 1.29 is 28.7 Å². The smallest absolute Gasteiger partial charge is 0.330 e. The minimum Gasteiger partial charge on any atom is -0.456 e. The number of rotatable bonds is 7. The lowest BCUT2D eigenvalue weighted by atomic mass is 9.54. The van der Waals surface area contributed by atoms with Gasteiger partial charge in [-0.25, -0.2) is 4.79 Å². The first-order chi connectivity index (χ1) is 19.9. The van der Waals surface area contributed by atoms with Crippen molar-refractivity contribution in [3.8, 4) is 0 Å². The highest BCUT2D eigenvalue weighted by molar-refractivity contribution is 6.37. The molecule has 2 N–H and O–H groups in total. The summed E-state index contributed by atoms with van der Waals surface area (Å²) in [6.45, 7) is -0.783. The lowest BCUT2D eigenvalue weighted by Crippen LogP contribution is -2.57. The molecule has 4 aliphatic rings. The molecule has 0 aromatic heterocycles. The van der Waals surface area contributed by atoms with E-state index < -0.39 is 70.1 Å². The number of hydrogen-bond acceptors (Lipinski definition) is 6. The zero-order valence-corrected chi connectivity index (χ0v) is 24.5. The molecule has 3 atom stereocenters. The highest BCUT2D eigenvalue weighted by Gasteiger charge is 2.73. The molecule has 42 heavy (non-hydrogen) atoms. The van der Waals surface area contributed by atoms with Crippen molar-refractivity contribution in [2.75, 3.05) is 6.61 Å². The Bertz CT molecular complexity index is 1600. The quantitative estimate of drug-likeness (QED) is 0.174. The third-order valence-electron chi connectivity index (χ3n) is 8.17. The fourth-order valence-electron chi connectivity index (χ4n) is 6.49. The van der Waals surface area contributed by atoms with E-state index >= 15 is 0 Å². The second kappa shape index (κ2) is 10.1. The minimum atomic E-state index is -1.76. The highest BCUT2D eigenvalue weighted by Crippen LogP contribution is 2.69. The van der Waals surface area contributed by atoms with E-state index in [4.69, 9.17) is 56.9 Å². The van der Waals surface area contributed by atoms with Crippen LogP contribution in [0.15, 0.2) is 66.7 Å². The molecular formula is C30H20Cl4N2O6. The molecule has 7 rings (SSSR count). The summed E-state index contributed by atoms with van der Waals surface area (Å²) >= 11 is 26.8. The van der Waals surface area contributed by atoms with Gasteiger partial charge in [-0.15, -0.1) is 23.2 Å². The molecule has 8 nitrogen and oxygen atoms in total. The van der Waals surface area contributed by atoms with Crippen LogP contribution in [0.3, 0.4) is 0 Å². The van der Waals surface area contributed by atoms with Crippen LogP contribution in [0, 0.1) is 11.8 Å². The Hall–Kier alpha value is -3.43. The van der Waals surface area contributed by atoms with Crippen LogP contribution in [-0.4, -0.2) is 47.0 Å². The maximum Gasteiger partial charge on any atom is 0.330 e. The number of imide groups is 1. The van der Waals surface area contributed by atoms with E-state index in [0.717, 1.165) is 0 Å². The zero-order chi connectivity index (χ0) is 30.1. The first kappa shape index (κ1) is 28.7. The van der Waals surface area contributed by atoms with E-state index in [2.05, 4.69) is 0 Å². The van der Waals surface area contributed by atoms with Crippen LogP contribution in [-0.2, 0) is 33.7 Å². The molecule has 1 saturated heterocycles. The molecule has 1 heterocycles. The van der Waals surface area contributed by atoms with Gasteiger partial charge in [0.2, 0.25) is 23.5 Å². The second-order valence-electron chi connectivity index (χ2n) is 10.4. The van der Waals surface area contributed by atoms with E-state index in [9.17, 15) is 24.0 Å². The van der Waals surface area contributed by atoms with Gasteiger partial charge in [-0.05, 0) is 40.5 Å². The summed E-state index contributed by atoms with van der Waals surface area (Å²) in [5, 5.41) is 0.343. The number of hydrogen-bond donors (Lipinski definition) is 1. The van der Waals surface area contributed by atoms with Crippen molar-refractivity contribution in [3.05, 3.63) is 105 Å². The molecule has 3 aliphatic carbocycles. The lowest BCUT2D eigenvalue weighted by molar-refractivity contribution is -0.159. The predicted molar refractivity (Wildman–Crippen MR) is 154 cm³/mol. The minimum absolute atomic E-state index is 0.0416. The van der Waals surface area contributed by atoms with Crippen LogP contribution in [0.5, 0.6) is 0 Å². The lowest BCUT2D eigenvalue weighted by Gasteiger charge is -2.54. The molecule has 0 radical (unpaired) electrons. The molecule has 2 bridgehead atoms. The van der Waals surface area contributed by atoms with Gasteiger partial charge in [-0.1, -0.05) is 71.7 Å². The van der Waals surface area contributed by atoms with Crippen molar-refractivity contribution in [2.45, 2.75) is 22.2 Å². The molecule has 3 aromatic rings. The number of nitrogens with zero attached hydrogens (tertiary/aromatic N) is 1. The molecule has 3 aromatic carbocycles. The number of nitrogens with two attached hydrogens (primary N) is 1. The number of likely N-dealkylation sites (tertiary alicyclic amines) is 1. The Labute approximate surface area is 259 Å². The van der Waals surface area contributed by atoms with Crippen LogP contribution in [0.25, 0.3) is 0 Å². The zero-order valence-electron chi connectivity index (χ0n) is 21.5. The third-order valence-corrected chi connectivity index (χ3v) is 10.0. The van der Waals surface area contributed by atoms with Crippen molar-refractivity contribution in [1.82, 2.24) is 4.90 Å². The number of ketones is 1. The first-order valence-electron chi connectivity index (χ1n) is 12.8. The molecule has 0 saturated carbocycles. The summed E-state index contributed by atoms with van der Waals surface area (Å²) < 4.78 is 5.21. The van der Waals surface area contributed by atoms with Crippen molar-refractivity contribution in [2.24, 2.45) is 17.6 Å². The standard InChI is InChI=1S/C30H20Cl4N2O6/c31-14-9-10-15(20(32)11-14)22(37)13-42-28(41)21(12-23(35)38)36-26(39)24-25(27(36)40)30(34)17-6-2-1-5-16(17)29(24,33)18-7-3-4-8-19(18)30/h1-11,21,24-25H,12-13H2,(H2,35,38)/t21-,24-,25+,29?,30?/m1/s1. The summed E-state index contributed by atoms with van der Waals surface area (Å²) in [5.41, 5.74) is 7.76. The summed E-state index contributed by atoms with van der Waals surface area (Å²) in [7, 11) is 0. The molecular weight excluding hydrogens is 626 g/mol. The van der Waals surface area contributed by atoms with Crippen LogP contribution in [0.4, 0.5) is 0 Å². The van der Waals surface area contributed by atoms with Crippen LogP contribution >= 0.6 is 46.4 Å². The third kappa shape index (κ3) is 3.93. The number of esters is 1. The van der Waals surface area contributed by atoms with Gasteiger partial charge in [0.1, 0.15) is 15.8 Å². The number of benzene rings is 3. The number of halogens is 4. The Balaban J connectivity index is 1.38. The number of carbonyl (C=O) groups is 5. The maximum atomic E-state index is 14.2. The Morgan fingerprint density at radius 2 is 1.31 bits per heavy atom. The molecule has 214 valence electrons. The number of alkyl halides is 2. The fraction of sp³-hybridized carbons (Fsp3) is 0.233. The second-order valence-corrected chi connectivity index (χ2v) is 12.4. The van der Waals surface area contributed by atoms with Gasteiger partial charge in [0, 0.05) is 10.6 Å². The average molecular weight is 646 g/mol. The number of ether oxygens (including phenoxy) is 1. The topological polar surface area (TPSA) is 124 Å². The highest BCUT2D eigenvalue weighted by atomic mass is 35.5. The molecule has 12 heteroatoms. The fourth-order valence-corrected chi connectivity index (χ4v) is 8.10. The molecule has 1 fully saturated rings. The van der Waals surface area contributed by atoms with Gasteiger partial charge >= 0.3 is 5.97 Å². The van der Waals surface area contributed by atoms with Gasteiger partial charge in [0.25, 0.3) is 0 Å². The molecule has 1 aliphatic heterocycles. The van der Waals surface area contributed by atoms with E-state index in [-0.39, 0.29) is 10.6 Å². The largest absolute Gasteiger partial charge is 0.456 e. The van der Waals surface area contributed by atoms with Crippen molar-refractivity contribution >= 4 is 75.9 Å². The van der Waals surface area contributed by atoms with E-state index in [0.29, 0.717) is 32.2 Å². The molecule has 0 unspecified atom stereocenters. The normalized spacial score (nSPS) is 25.9. The Morgan fingerprint density at radius 3 is 1.74 bits per heavy atom. The summed E-state index contributed by atoms with van der Waals surface area (Å²) in [6, 6.07) is 16.5. The van der Waals surface area contributed by atoms with Gasteiger partial charge < -0.3 is 10.5 Å². The van der Waals surface area contributed by atoms with Gasteiger partial charge in [-0.2, -0.15) is 0 Å². The number of Topliss-reactive ketones (excluding diaryl/α,β-unsaturated/α-hetero) is 1.